The molecule has 3 heterocycles. The largest absolute Gasteiger partial charge is 0.455 e. The minimum atomic E-state index is -0.299. The molecule has 0 saturated carbocycles. The molecule has 3 aromatic heterocycles. The van der Waals surface area contributed by atoms with Crippen LogP contribution in [-0.2, 0) is 19.3 Å². The molecular formula is C20H19N5O2S. The molecule has 4 aromatic rings. The fraction of sp³-hybridized carbons (Fsp3) is 0.150. The Hall–Kier alpha value is -3.26. The molecular weight excluding hydrogens is 374 g/mol. The van der Waals surface area contributed by atoms with E-state index in [0.29, 0.717) is 18.0 Å². The quantitative estimate of drug-likeness (QED) is 0.483. The zero-order chi connectivity index (χ0) is 19.3. The van der Waals surface area contributed by atoms with Crippen LogP contribution in [0.5, 0.6) is 0 Å². The lowest BCUT2D eigenvalue weighted by molar-refractivity contribution is 0.0995. The number of nitrogens with zero attached hydrogens (tertiary/aromatic N) is 4. The molecule has 0 aliphatic rings. The van der Waals surface area contributed by atoms with Crippen molar-refractivity contribution in [3.8, 4) is 0 Å². The number of benzene rings is 1. The van der Waals surface area contributed by atoms with Crippen LogP contribution in [0.25, 0.3) is 0 Å². The third-order valence-electron chi connectivity index (χ3n) is 4.08. The van der Waals surface area contributed by atoms with Gasteiger partial charge in [0.15, 0.2) is 10.9 Å². The summed E-state index contributed by atoms with van der Waals surface area (Å²) >= 11 is 1.55. The summed E-state index contributed by atoms with van der Waals surface area (Å²) in [5, 5.41) is 8.00. The summed E-state index contributed by atoms with van der Waals surface area (Å²) < 4.78 is 9.38. The second kappa shape index (κ2) is 8.18. The first kappa shape index (κ1) is 18.1. The number of aryl methyl sites for hydroxylation is 1. The van der Waals surface area contributed by atoms with Crippen LogP contribution >= 0.6 is 11.8 Å². The number of furan rings is 1. The van der Waals surface area contributed by atoms with Gasteiger partial charge in [0.05, 0.1) is 24.2 Å². The molecule has 0 aliphatic carbocycles. The number of nitrogens with one attached hydrogen (secondary N) is 1. The SMILES string of the molecule is Cn1ccnc1SCc1ccc(C(=O)Nc2cnn(Cc3ccccc3)c2)o1. The maximum atomic E-state index is 12.4. The Labute approximate surface area is 166 Å². The Morgan fingerprint density at radius 1 is 1.21 bits per heavy atom. The van der Waals surface area contributed by atoms with Crippen LogP contribution in [0.3, 0.4) is 0 Å². The number of thioether (sulfide) groups is 1. The van der Waals surface area contributed by atoms with Gasteiger partial charge in [-0.05, 0) is 17.7 Å². The van der Waals surface area contributed by atoms with Gasteiger partial charge >= 0.3 is 0 Å². The van der Waals surface area contributed by atoms with Crippen molar-refractivity contribution in [1.82, 2.24) is 19.3 Å². The first-order chi connectivity index (χ1) is 13.7. The van der Waals surface area contributed by atoms with E-state index >= 15 is 0 Å². The fourth-order valence-corrected chi connectivity index (χ4v) is 3.51. The second-order valence-electron chi connectivity index (χ2n) is 6.24. The van der Waals surface area contributed by atoms with Crippen LogP contribution in [0.1, 0.15) is 21.9 Å². The van der Waals surface area contributed by atoms with Gasteiger partial charge in [-0.25, -0.2) is 4.98 Å². The molecule has 1 aromatic carbocycles. The van der Waals surface area contributed by atoms with Crippen LogP contribution in [0.4, 0.5) is 5.69 Å². The molecule has 7 nitrogen and oxygen atoms in total. The number of carbonyl (C=O) groups excluding carboxylic acids is 1. The number of hydrogen-bond acceptors (Lipinski definition) is 5. The summed E-state index contributed by atoms with van der Waals surface area (Å²) in [5.41, 5.74) is 1.77. The van der Waals surface area contributed by atoms with Crippen LogP contribution < -0.4 is 5.32 Å². The summed E-state index contributed by atoms with van der Waals surface area (Å²) in [5.74, 6) is 1.30. The van der Waals surface area contributed by atoms with Crippen molar-refractivity contribution < 1.29 is 9.21 Å². The monoisotopic (exact) mass is 393 g/mol. The predicted octanol–water partition coefficient (Wildman–Crippen LogP) is 3.80. The molecule has 0 atom stereocenters. The van der Waals surface area contributed by atoms with Crippen molar-refractivity contribution in [2.45, 2.75) is 17.5 Å². The number of carbonyl (C=O) groups is 1. The maximum absolute atomic E-state index is 12.4. The summed E-state index contributed by atoms with van der Waals surface area (Å²) in [7, 11) is 1.94. The first-order valence-corrected chi connectivity index (χ1v) is 9.72. The van der Waals surface area contributed by atoms with E-state index in [-0.39, 0.29) is 11.7 Å². The average Bonchev–Trinajstić information content (AvgIpc) is 3.43. The Balaban J connectivity index is 1.34. The smallest absolute Gasteiger partial charge is 0.291 e. The van der Waals surface area contributed by atoms with E-state index in [9.17, 15) is 4.79 Å². The number of anilines is 1. The summed E-state index contributed by atoms with van der Waals surface area (Å²) in [6, 6.07) is 13.5. The highest BCUT2D eigenvalue weighted by molar-refractivity contribution is 7.98. The van der Waals surface area contributed by atoms with Crippen molar-refractivity contribution >= 4 is 23.4 Å². The number of hydrogen-bond donors (Lipinski definition) is 1. The fourth-order valence-electron chi connectivity index (χ4n) is 2.68. The molecule has 0 aliphatic heterocycles. The van der Waals surface area contributed by atoms with Crippen LogP contribution in [0.15, 0.2) is 76.8 Å². The van der Waals surface area contributed by atoms with Gasteiger partial charge in [-0.3, -0.25) is 9.48 Å². The third-order valence-corrected chi connectivity index (χ3v) is 5.16. The van der Waals surface area contributed by atoms with E-state index in [4.69, 9.17) is 4.42 Å². The highest BCUT2D eigenvalue weighted by Crippen LogP contribution is 2.22. The highest BCUT2D eigenvalue weighted by atomic mass is 32.2. The Kier molecular flexibility index (Phi) is 5.29. The second-order valence-corrected chi connectivity index (χ2v) is 7.18. The summed E-state index contributed by atoms with van der Waals surface area (Å²) in [6.45, 7) is 0.645. The molecule has 4 rings (SSSR count). The minimum Gasteiger partial charge on any atom is -0.455 e. The van der Waals surface area contributed by atoms with Gasteiger partial charge in [0, 0.05) is 25.6 Å². The van der Waals surface area contributed by atoms with Crippen LogP contribution in [0.2, 0.25) is 0 Å². The van der Waals surface area contributed by atoms with E-state index in [1.807, 2.05) is 54.2 Å². The Morgan fingerprint density at radius 2 is 2.07 bits per heavy atom. The topological polar surface area (TPSA) is 77.9 Å². The normalized spacial score (nSPS) is 10.9. The lowest BCUT2D eigenvalue weighted by Crippen LogP contribution is -2.10. The molecule has 28 heavy (non-hydrogen) atoms. The lowest BCUT2D eigenvalue weighted by Gasteiger charge is -2.01. The van der Waals surface area contributed by atoms with Gasteiger partial charge in [0.25, 0.3) is 5.91 Å². The van der Waals surface area contributed by atoms with Gasteiger partial charge in [-0.1, -0.05) is 42.1 Å². The van der Waals surface area contributed by atoms with Crippen molar-refractivity contribution in [1.29, 1.82) is 0 Å². The van der Waals surface area contributed by atoms with Gasteiger partial charge in [-0.15, -0.1) is 0 Å². The van der Waals surface area contributed by atoms with Gasteiger partial charge < -0.3 is 14.3 Å². The Morgan fingerprint density at radius 3 is 2.86 bits per heavy atom. The van der Waals surface area contributed by atoms with Gasteiger partial charge in [-0.2, -0.15) is 5.10 Å². The van der Waals surface area contributed by atoms with E-state index in [1.54, 1.807) is 41.1 Å². The van der Waals surface area contributed by atoms with Crippen LogP contribution in [0, 0.1) is 0 Å². The molecule has 1 amide bonds. The third kappa shape index (κ3) is 4.34. The van der Waals surface area contributed by atoms with Crippen molar-refractivity contribution in [3.05, 3.63) is 84.3 Å². The lowest BCUT2D eigenvalue weighted by atomic mass is 10.2. The van der Waals surface area contributed by atoms with Gasteiger partial charge in [0.1, 0.15) is 5.76 Å². The summed E-state index contributed by atoms with van der Waals surface area (Å²) in [4.78, 5) is 16.7. The molecule has 0 saturated heterocycles. The first-order valence-electron chi connectivity index (χ1n) is 8.74. The molecule has 0 fully saturated rings. The number of rotatable bonds is 7. The standard InChI is InChI=1S/C20H19N5O2S/c1-24-10-9-21-20(24)28-14-17-7-8-18(27-17)19(26)23-16-11-22-25(13-16)12-15-5-3-2-4-6-15/h2-11,13H,12,14H2,1H3,(H,23,26). The molecule has 8 heteroatoms. The number of aromatic nitrogens is 4. The maximum Gasteiger partial charge on any atom is 0.291 e. The molecule has 142 valence electrons. The molecule has 0 spiro atoms. The van der Waals surface area contributed by atoms with Crippen molar-refractivity contribution in [2.24, 2.45) is 7.05 Å². The predicted molar refractivity (Wildman–Crippen MR) is 107 cm³/mol. The van der Waals surface area contributed by atoms with E-state index in [1.165, 1.54) is 0 Å². The van der Waals surface area contributed by atoms with E-state index in [0.717, 1.165) is 16.5 Å². The molecule has 0 radical (unpaired) electrons. The zero-order valence-electron chi connectivity index (χ0n) is 15.3. The molecule has 0 bridgehead atoms. The van der Waals surface area contributed by atoms with Crippen molar-refractivity contribution in [2.75, 3.05) is 5.32 Å². The number of amides is 1. The van der Waals surface area contributed by atoms with E-state index < -0.39 is 0 Å². The zero-order valence-corrected chi connectivity index (χ0v) is 16.1. The average molecular weight is 393 g/mol. The minimum absolute atomic E-state index is 0.270. The summed E-state index contributed by atoms with van der Waals surface area (Å²) in [6.07, 6.45) is 7.07. The molecule has 1 N–H and O–H groups in total. The highest BCUT2D eigenvalue weighted by Gasteiger charge is 2.13. The van der Waals surface area contributed by atoms with Crippen LogP contribution in [-0.4, -0.2) is 25.2 Å². The molecule has 0 unspecified atom stereocenters. The van der Waals surface area contributed by atoms with E-state index in [2.05, 4.69) is 15.4 Å². The van der Waals surface area contributed by atoms with Gasteiger partial charge in [0.2, 0.25) is 0 Å². The Bertz CT molecular complexity index is 1070. The number of imidazole rings is 1. The van der Waals surface area contributed by atoms with Crippen molar-refractivity contribution in [3.63, 3.8) is 0 Å².